The van der Waals surface area contributed by atoms with Gasteiger partial charge in [-0.05, 0) is 30.6 Å². The molecule has 4 nitrogen and oxygen atoms in total. The topological polar surface area (TPSA) is 52.3 Å². The third-order valence-corrected chi connectivity index (χ3v) is 2.45. The van der Waals surface area contributed by atoms with E-state index in [2.05, 4.69) is 4.37 Å². The van der Waals surface area contributed by atoms with Crippen LogP contribution in [0.15, 0.2) is 28.2 Å². The highest BCUT2D eigenvalue weighted by atomic mass is 32.1. The fourth-order valence-corrected chi connectivity index (χ4v) is 1.84. The predicted octanol–water partition coefficient (Wildman–Crippen LogP) is 2.58. The van der Waals surface area contributed by atoms with E-state index in [1.54, 1.807) is 30.7 Å². The van der Waals surface area contributed by atoms with E-state index in [0.29, 0.717) is 23.6 Å². The molecule has 2 aromatic rings. The molecule has 15 heavy (non-hydrogen) atoms. The maximum atomic E-state index is 11.5. The molecule has 0 spiro atoms. The molecule has 0 aliphatic heterocycles. The maximum absolute atomic E-state index is 11.5. The summed E-state index contributed by atoms with van der Waals surface area (Å²) in [5.41, 5.74) is 1.00. The molecule has 0 fully saturated rings. The normalized spacial score (nSPS) is 10.2. The molecule has 2 aromatic heterocycles. The van der Waals surface area contributed by atoms with Crippen molar-refractivity contribution in [1.29, 1.82) is 0 Å². The van der Waals surface area contributed by atoms with Gasteiger partial charge in [0.15, 0.2) is 5.76 Å². The molecular formula is C10H9NO3S. The fraction of sp³-hybridized carbons (Fsp3) is 0.200. The molecule has 0 aliphatic carbocycles. The van der Waals surface area contributed by atoms with Crippen LogP contribution in [0, 0.1) is 0 Å². The number of aromatic nitrogens is 1. The van der Waals surface area contributed by atoms with Gasteiger partial charge in [0.1, 0.15) is 11.3 Å². The Morgan fingerprint density at radius 2 is 2.53 bits per heavy atom. The first-order valence-electron chi connectivity index (χ1n) is 4.48. The van der Waals surface area contributed by atoms with Crippen molar-refractivity contribution in [2.75, 3.05) is 6.61 Å². The second-order valence-corrected chi connectivity index (χ2v) is 3.40. The van der Waals surface area contributed by atoms with Crippen molar-refractivity contribution in [3.05, 3.63) is 29.3 Å². The van der Waals surface area contributed by atoms with E-state index in [9.17, 15) is 4.79 Å². The van der Waals surface area contributed by atoms with Crippen LogP contribution >= 0.6 is 11.5 Å². The zero-order chi connectivity index (χ0) is 10.7. The second-order valence-electron chi connectivity index (χ2n) is 2.77. The zero-order valence-electron chi connectivity index (χ0n) is 8.10. The average Bonchev–Trinajstić information content (AvgIpc) is 2.88. The van der Waals surface area contributed by atoms with Crippen molar-refractivity contribution in [1.82, 2.24) is 4.37 Å². The monoisotopic (exact) mass is 223 g/mol. The quantitative estimate of drug-likeness (QED) is 0.750. The van der Waals surface area contributed by atoms with Gasteiger partial charge in [-0.15, -0.1) is 0 Å². The standard InChI is InChI=1S/C10H9NO3S/c1-2-13-10(12)7-6-15-11-9(7)8-4-3-5-14-8/h3-6H,2H2,1H3. The molecular weight excluding hydrogens is 214 g/mol. The van der Waals surface area contributed by atoms with Crippen LogP contribution in [0.25, 0.3) is 11.5 Å². The summed E-state index contributed by atoms with van der Waals surface area (Å²) < 4.78 is 14.2. The second kappa shape index (κ2) is 4.27. The molecule has 0 saturated heterocycles. The summed E-state index contributed by atoms with van der Waals surface area (Å²) in [7, 11) is 0. The van der Waals surface area contributed by atoms with E-state index in [0.717, 1.165) is 0 Å². The van der Waals surface area contributed by atoms with Crippen LogP contribution in [0.1, 0.15) is 17.3 Å². The summed E-state index contributed by atoms with van der Waals surface area (Å²) in [6.07, 6.45) is 1.55. The van der Waals surface area contributed by atoms with Crippen molar-refractivity contribution in [3.63, 3.8) is 0 Å². The maximum Gasteiger partial charge on any atom is 0.341 e. The highest BCUT2D eigenvalue weighted by Gasteiger charge is 2.18. The smallest absolute Gasteiger partial charge is 0.341 e. The summed E-state index contributed by atoms with van der Waals surface area (Å²) in [4.78, 5) is 11.5. The van der Waals surface area contributed by atoms with Gasteiger partial charge in [0.25, 0.3) is 0 Å². The number of furan rings is 1. The number of ether oxygens (including phenoxy) is 1. The lowest BCUT2D eigenvalue weighted by Gasteiger charge is -1.99. The van der Waals surface area contributed by atoms with Crippen molar-refractivity contribution in [2.45, 2.75) is 6.92 Å². The minimum Gasteiger partial charge on any atom is -0.463 e. The van der Waals surface area contributed by atoms with Gasteiger partial charge in [-0.1, -0.05) is 0 Å². The van der Waals surface area contributed by atoms with Crippen LogP contribution in [0.5, 0.6) is 0 Å². The average molecular weight is 223 g/mol. The number of esters is 1. The first-order chi connectivity index (χ1) is 7.33. The van der Waals surface area contributed by atoms with Crippen molar-refractivity contribution >= 4 is 17.5 Å². The molecule has 5 heteroatoms. The molecule has 0 radical (unpaired) electrons. The summed E-state index contributed by atoms with van der Waals surface area (Å²) in [6.45, 7) is 2.12. The lowest BCUT2D eigenvalue weighted by molar-refractivity contribution is 0.0527. The number of carbonyl (C=O) groups is 1. The highest BCUT2D eigenvalue weighted by molar-refractivity contribution is 7.04. The van der Waals surface area contributed by atoms with E-state index < -0.39 is 0 Å². The summed E-state index contributed by atoms with van der Waals surface area (Å²) in [5, 5.41) is 1.66. The number of rotatable bonds is 3. The number of hydrogen-bond acceptors (Lipinski definition) is 5. The van der Waals surface area contributed by atoms with Crippen LogP contribution in [0.2, 0.25) is 0 Å². The van der Waals surface area contributed by atoms with Gasteiger partial charge < -0.3 is 9.15 Å². The van der Waals surface area contributed by atoms with Crippen LogP contribution in [-0.4, -0.2) is 16.9 Å². The van der Waals surface area contributed by atoms with Crippen LogP contribution < -0.4 is 0 Å². The van der Waals surface area contributed by atoms with Gasteiger partial charge in [0.05, 0.1) is 12.9 Å². The summed E-state index contributed by atoms with van der Waals surface area (Å²) in [5.74, 6) is 0.219. The molecule has 0 amide bonds. The van der Waals surface area contributed by atoms with Crippen molar-refractivity contribution in [2.24, 2.45) is 0 Å². The molecule has 0 bridgehead atoms. The highest BCUT2D eigenvalue weighted by Crippen LogP contribution is 2.24. The third-order valence-electron chi connectivity index (χ3n) is 1.82. The number of nitrogens with zero attached hydrogens (tertiary/aromatic N) is 1. The molecule has 0 unspecified atom stereocenters. The van der Waals surface area contributed by atoms with Gasteiger partial charge in [-0.25, -0.2) is 4.79 Å². The van der Waals surface area contributed by atoms with Gasteiger partial charge in [-0.2, -0.15) is 4.37 Å². The molecule has 0 N–H and O–H groups in total. The molecule has 2 heterocycles. The Balaban J connectivity index is 2.34. The van der Waals surface area contributed by atoms with Gasteiger partial charge in [0, 0.05) is 5.38 Å². The first kappa shape index (κ1) is 9.92. The Hall–Kier alpha value is -1.62. The Bertz CT molecular complexity index is 447. The van der Waals surface area contributed by atoms with E-state index in [-0.39, 0.29) is 5.97 Å². The fourth-order valence-electron chi connectivity index (χ4n) is 1.18. The van der Waals surface area contributed by atoms with Gasteiger partial charge in [-0.3, -0.25) is 0 Å². The van der Waals surface area contributed by atoms with E-state index in [1.165, 1.54) is 11.5 Å². The molecule has 0 aliphatic rings. The van der Waals surface area contributed by atoms with Crippen molar-refractivity contribution < 1.29 is 13.9 Å². The SMILES string of the molecule is CCOC(=O)c1csnc1-c1ccco1. The third kappa shape index (κ3) is 1.92. The Kier molecular flexibility index (Phi) is 2.82. The van der Waals surface area contributed by atoms with Crippen LogP contribution in [0.3, 0.4) is 0 Å². The minimum absolute atomic E-state index is 0.353. The van der Waals surface area contributed by atoms with Crippen molar-refractivity contribution in [3.8, 4) is 11.5 Å². The molecule has 0 saturated carbocycles. The molecule has 0 aromatic carbocycles. The summed E-state index contributed by atoms with van der Waals surface area (Å²) >= 11 is 1.21. The van der Waals surface area contributed by atoms with Crippen LogP contribution in [0.4, 0.5) is 0 Å². The van der Waals surface area contributed by atoms with E-state index in [4.69, 9.17) is 9.15 Å². The molecule has 2 rings (SSSR count). The lowest BCUT2D eigenvalue weighted by Crippen LogP contribution is -2.04. The largest absolute Gasteiger partial charge is 0.463 e. The van der Waals surface area contributed by atoms with E-state index >= 15 is 0 Å². The van der Waals surface area contributed by atoms with E-state index in [1.807, 2.05) is 0 Å². The number of hydrogen-bond donors (Lipinski definition) is 0. The Morgan fingerprint density at radius 1 is 1.67 bits per heavy atom. The first-order valence-corrected chi connectivity index (χ1v) is 5.32. The van der Waals surface area contributed by atoms with Gasteiger partial charge in [0.2, 0.25) is 0 Å². The van der Waals surface area contributed by atoms with Gasteiger partial charge >= 0.3 is 5.97 Å². The van der Waals surface area contributed by atoms with Crippen LogP contribution in [-0.2, 0) is 4.74 Å². The number of carbonyl (C=O) groups excluding carboxylic acids is 1. The Labute approximate surface area is 90.7 Å². The Morgan fingerprint density at radius 3 is 3.20 bits per heavy atom. The molecule has 0 atom stereocenters. The lowest BCUT2D eigenvalue weighted by atomic mass is 10.2. The molecule has 78 valence electrons. The minimum atomic E-state index is -0.363. The predicted molar refractivity (Wildman–Crippen MR) is 55.8 cm³/mol. The summed E-state index contributed by atoms with van der Waals surface area (Å²) in [6, 6.07) is 3.52. The zero-order valence-corrected chi connectivity index (χ0v) is 8.91.